The minimum atomic E-state index is -1.28. The molecule has 0 unspecified atom stereocenters. The molecule has 0 aliphatic carbocycles. The number of nitrogens with two attached hydrogens (primary N) is 5. The molecule has 5 aromatic rings. The first-order chi connectivity index (χ1) is 31.8. The summed E-state index contributed by atoms with van der Waals surface area (Å²) < 4.78 is 0. The number of hydrogen-bond acceptors (Lipinski definition) is 10. The van der Waals surface area contributed by atoms with Crippen molar-refractivity contribution in [3.63, 3.8) is 0 Å². The first kappa shape index (κ1) is 47.9. The molecular weight excluding hydrogens is 861 g/mol. The number of hydrogen-bond donors (Lipinski definition) is 11. The number of benzene rings is 4. The SMILES string of the molecule is N/C=C(\N)C[C@@H]1NC(=O)CCc2c([nH]c3ccccc23)SC[C@H](C(N)=O)NC(=O)[C@H](Cc2ccc3ccccc3c2)NC(=O)[C@H](CCCN=C(N)N)NC(=O)[C@@H](Cc2ccccc2)NC1=O. The van der Waals surface area contributed by atoms with Crippen LogP contribution in [0.4, 0.5) is 0 Å². The van der Waals surface area contributed by atoms with Crippen molar-refractivity contribution in [1.29, 1.82) is 0 Å². The summed E-state index contributed by atoms with van der Waals surface area (Å²) in [5.74, 6) is -4.37. The van der Waals surface area contributed by atoms with Crippen molar-refractivity contribution >= 4 is 74.8 Å². The number of rotatable bonds is 11. The van der Waals surface area contributed by atoms with E-state index in [4.69, 9.17) is 28.7 Å². The number of amides is 6. The first-order valence-corrected chi connectivity index (χ1v) is 22.5. The van der Waals surface area contributed by atoms with E-state index >= 15 is 0 Å². The molecule has 19 heteroatoms. The monoisotopic (exact) mass is 916 g/mol. The van der Waals surface area contributed by atoms with Gasteiger partial charge in [0.05, 0.1) is 5.03 Å². The van der Waals surface area contributed by atoms with Gasteiger partial charge >= 0.3 is 0 Å². The number of nitrogens with one attached hydrogen (secondary N) is 6. The molecule has 18 nitrogen and oxygen atoms in total. The number of aromatic amines is 1. The summed E-state index contributed by atoms with van der Waals surface area (Å²) in [7, 11) is 0. The largest absolute Gasteiger partial charge is 0.403 e. The molecule has 6 rings (SSSR count). The van der Waals surface area contributed by atoms with Gasteiger partial charge in [-0.25, -0.2) is 0 Å². The van der Waals surface area contributed by atoms with Gasteiger partial charge in [-0.1, -0.05) is 91.0 Å². The lowest BCUT2D eigenvalue weighted by Gasteiger charge is -2.27. The van der Waals surface area contributed by atoms with Crippen LogP contribution in [0.25, 0.3) is 21.7 Å². The molecule has 0 saturated carbocycles. The molecule has 0 radical (unpaired) electrons. The number of aromatic nitrogens is 1. The number of thioether (sulfide) groups is 1. The summed E-state index contributed by atoms with van der Waals surface area (Å²) >= 11 is 1.23. The quantitative estimate of drug-likeness (QED) is 0.0504. The van der Waals surface area contributed by atoms with Crippen molar-refractivity contribution < 1.29 is 28.8 Å². The van der Waals surface area contributed by atoms with Gasteiger partial charge in [0.15, 0.2) is 5.96 Å². The number of carbonyl (C=O) groups is 6. The topological polar surface area (TPSA) is 321 Å². The Kier molecular flexibility index (Phi) is 16.6. The zero-order valence-corrected chi connectivity index (χ0v) is 37.1. The van der Waals surface area contributed by atoms with Gasteiger partial charge in [0.2, 0.25) is 35.4 Å². The second-order valence-corrected chi connectivity index (χ2v) is 17.1. The predicted octanol–water partition coefficient (Wildman–Crippen LogP) is 0.957. The summed E-state index contributed by atoms with van der Waals surface area (Å²) in [4.78, 5) is 91.7. The molecule has 0 fully saturated rings. The van der Waals surface area contributed by atoms with Gasteiger partial charge in [-0.3, -0.25) is 33.8 Å². The number of carbonyl (C=O) groups excluding carboxylic acids is 6. The third-order valence-electron chi connectivity index (χ3n) is 11.1. The fourth-order valence-electron chi connectivity index (χ4n) is 7.66. The molecular formula is C47H56N12O6S. The Morgan fingerprint density at radius 3 is 2.00 bits per heavy atom. The molecule has 0 bridgehead atoms. The van der Waals surface area contributed by atoms with E-state index in [0.717, 1.165) is 33.4 Å². The van der Waals surface area contributed by atoms with Crippen LogP contribution in [0.2, 0.25) is 0 Å². The number of guanidine groups is 1. The van der Waals surface area contributed by atoms with Crippen molar-refractivity contribution in [3.05, 3.63) is 126 Å². The minimum absolute atomic E-state index is 0.00263. The van der Waals surface area contributed by atoms with Crippen molar-refractivity contribution in [3.8, 4) is 0 Å². The van der Waals surface area contributed by atoms with Gasteiger partial charge in [-0.2, -0.15) is 0 Å². The normalized spacial score (nSPS) is 20.7. The van der Waals surface area contributed by atoms with Gasteiger partial charge in [0.1, 0.15) is 30.2 Å². The maximum absolute atomic E-state index is 14.5. The Bertz CT molecular complexity index is 2610. The van der Waals surface area contributed by atoms with Crippen LogP contribution >= 0.6 is 11.8 Å². The Hall–Kier alpha value is -7.54. The standard InChI is InChI=1S/C47H56N12O6S/c48-25-31(49)24-38-45(65)57-36(22-27-9-2-1-3-10-27)43(63)55-35(15-8-20-53-47(51)52)42(62)56-37(23-28-16-17-29-11-4-5-12-30(29)21-28)44(64)58-39(41(50)61)26-66-46-33(18-19-40(60)54-38)32-13-6-7-14-34(32)59-46/h1-7,9-14,16-17,21,25,35-39,59H,8,15,18-20,22-24,26,48-49H2,(H2,50,61)(H,54,60)(H,55,63)(H,56,62)(H,57,65)(H,58,64)(H4,51,52,53)/b31-25-/t35-,36+,37-,38-,39+/m0/s1. The molecule has 2 heterocycles. The third kappa shape index (κ3) is 13.3. The average Bonchev–Trinajstić information content (AvgIpc) is 3.66. The molecule has 16 N–H and O–H groups in total. The summed E-state index contributed by atoms with van der Waals surface area (Å²) in [6, 6.07) is 23.4. The van der Waals surface area contributed by atoms with Crippen molar-refractivity contribution in [2.24, 2.45) is 33.7 Å². The van der Waals surface area contributed by atoms with E-state index in [9.17, 15) is 28.8 Å². The first-order valence-electron chi connectivity index (χ1n) is 21.5. The Balaban J connectivity index is 1.41. The molecule has 1 aromatic heterocycles. The summed E-state index contributed by atoms with van der Waals surface area (Å²) in [5, 5.41) is 17.3. The fraction of sp³-hybridized carbons (Fsp3) is 0.298. The second kappa shape index (κ2) is 22.9. The maximum Gasteiger partial charge on any atom is 0.243 e. The molecule has 6 amide bonds. The smallest absolute Gasteiger partial charge is 0.243 e. The number of para-hydroxylation sites is 1. The summed E-state index contributed by atoms with van der Waals surface area (Å²) in [6.07, 6.45) is 1.32. The Morgan fingerprint density at radius 1 is 0.667 bits per heavy atom. The molecule has 0 spiro atoms. The molecule has 4 aromatic carbocycles. The number of aliphatic imine (C=N–C) groups is 1. The average molecular weight is 917 g/mol. The van der Waals surface area contributed by atoms with Crippen LogP contribution in [-0.4, -0.2) is 88.9 Å². The molecule has 1 aliphatic rings. The van der Waals surface area contributed by atoms with E-state index in [1.165, 1.54) is 11.8 Å². The fourth-order valence-corrected chi connectivity index (χ4v) is 8.81. The number of aryl methyl sites for hydroxylation is 1. The zero-order valence-electron chi connectivity index (χ0n) is 36.3. The highest BCUT2D eigenvalue weighted by molar-refractivity contribution is 7.99. The van der Waals surface area contributed by atoms with E-state index in [2.05, 4.69) is 36.6 Å². The maximum atomic E-state index is 14.5. The number of nitrogens with zero attached hydrogens (tertiary/aromatic N) is 1. The summed E-state index contributed by atoms with van der Waals surface area (Å²) in [6.45, 7) is 0.112. The van der Waals surface area contributed by atoms with Crippen molar-refractivity contribution in [1.82, 2.24) is 31.6 Å². The zero-order chi connectivity index (χ0) is 47.2. The van der Waals surface area contributed by atoms with Crippen LogP contribution in [0.1, 0.15) is 42.4 Å². The molecule has 1 aliphatic heterocycles. The molecule has 0 saturated heterocycles. The van der Waals surface area contributed by atoms with Crippen molar-refractivity contribution in [2.45, 2.75) is 80.2 Å². The van der Waals surface area contributed by atoms with E-state index in [1.807, 2.05) is 66.7 Å². The van der Waals surface area contributed by atoms with E-state index in [1.54, 1.807) is 30.3 Å². The van der Waals surface area contributed by atoms with Gasteiger partial charge in [-0.15, -0.1) is 11.8 Å². The molecule has 5 atom stereocenters. The number of primary amides is 1. The van der Waals surface area contributed by atoms with Crippen LogP contribution in [-0.2, 0) is 48.0 Å². The molecule has 66 heavy (non-hydrogen) atoms. The van der Waals surface area contributed by atoms with Crippen molar-refractivity contribution in [2.75, 3.05) is 12.3 Å². The highest BCUT2D eigenvalue weighted by Gasteiger charge is 2.33. The van der Waals surface area contributed by atoms with Crippen LogP contribution < -0.4 is 55.3 Å². The van der Waals surface area contributed by atoms with E-state index < -0.39 is 65.7 Å². The molecule has 346 valence electrons. The van der Waals surface area contributed by atoms with Gasteiger partial charge in [0, 0.05) is 60.8 Å². The van der Waals surface area contributed by atoms with Crippen LogP contribution in [0.15, 0.2) is 119 Å². The minimum Gasteiger partial charge on any atom is -0.403 e. The van der Waals surface area contributed by atoms with Crippen LogP contribution in [0.3, 0.4) is 0 Å². The Labute approximate surface area is 385 Å². The lowest BCUT2D eigenvalue weighted by Crippen LogP contribution is -2.60. The predicted molar refractivity (Wildman–Crippen MR) is 255 cm³/mol. The number of fused-ring (bicyclic) bond motifs is 4. The van der Waals surface area contributed by atoms with Gasteiger partial charge in [-0.05, 0) is 52.8 Å². The number of H-pyrrole nitrogens is 1. The van der Waals surface area contributed by atoms with Gasteiger partial charge in [0.25, 0.3) is 0 Å². The third-order valence-corrected chi connectivity index (χ3v) is 12.3. The van der Waals surface area contributed by atoms with Crippen LogP contribution in [0, 0.1) is 0 Å². The second-order valence-electron chi connectivity index (χ2n) is 16.0. The Morgan fingerprint density at radius 2 is 1.29 bits per heavy atom. The lowest BCUT2D eigenvalue weighted by atomic mass is 10.00. The van der Waals surface area contributed by atoms with Gasteiger partial charge < -0.3 is 60.2 Å². The highest BCUT2D eigenvalue weighted by atomic mass is 32.2. The summed E-state index contributed by atoms with van der Waals surface area (Å²) in [5.41, 5.74) is 31.9. The van der Waals surface area contributed by atoms with E-state index in [0.29, 0.717) is 16.2 Å². The van der Waals surface area contributed by atoms with E-state index in [-0.39, 0.29) is 68.9 Å². The highest BCUT2D eigenvalue weighted by Crippen LogP contribution is 2.31. The van der Waals surface area contributed by atoms with Crippen LogP contribution in [0.5, 0.6) is 0 Å². The lowest BCUT2D eigenvalue weighted by molar-refractivity contribution is -0.135.